The van der Waals surface area contributed by atoms with Crippen LogP contribution in [0, 0.1) is 0 Å². The van der Waals surface area contributed by atoms with Crippen molar-refractivity contribution in [1.29, 1.82) is 0 Å². The maximum atomic E-state index is 12.3. The lowest BCUT2D eigenvalue weighted by molar-refractivity contribution is -0.132. The van der Waals surface area contributed by atoms with Crippen LogP contribution in [0.25, 0.3) is 0 Å². The third-order valence-electron chi connectivity index (χ3n) is 4.61. The fourth-order valence-electron chi connectivity index (χ4n) is 2.66. The Labute approximate surface area is 149 Å². The van der Waals surface area contributed by atoms with Crippen LogP contribution in [0.5, 0.6) is 5.75 Å². The van der Waals surface area contributed by atoms with E-state index in [2.05, 4.69) is 26.1 Å². The van der Waals surface area contributed by atoms with Gasteiger partial charge in [-0.2, -0.15) is 0 Å². The first kappa shape index (κ1) is 19.2. The van der Waals surface area contributed by atoms with Gasteiger partial charge in [-0.3, -0.25) is 9.69 Å². The normalized spacial score (nSPS) is 22.1. The second-order valence-electron chi connectivity index (χ2n) is 7.77. The molecule has 2 rings (SSSR count). The molecular formula is C19H28N2O4. The Kier molecular flexibility index (Phi) is 5.42. The zero-order chi connectivity index (χ0) is 18.8. The van der Waals surface area contributed by atoms with Crippen LogP contribution < -0.4 is 10.1 Å². The summed E-state index contributed by atoms with van der Waals surface area (Å²) in [6.45, 7) is 9.85. The molecule has 0 saturated carbocycles. The van der Waals surface area contributed by atoms with E-state index >= 15 is 0 Å². The molecule has 1 aliphatic rings. The maximum absolute atomic E-state index is 12.3. The number of imide groups is 1. The highest BCUT2D eigenvalue weighted by atomic mass is 16.5. The fourth-order valence-corrected chi connectivity index (χ4v) is 2.66. The summed E-state index contributed by atoms with van der Waals surface area (Å²) in [5.74, 6) is 0.330. The van der Waals surface area contributed by atoms with Gasteiger partial charge in [0.2, 0.25) is 0 Å². The van der Waals surface area contributed by atoms with Crippen molar-refractivity contribution in [3.8, 4) is 5.75 Å². The predicted octanol–water partition coefficient (Wildman–Crippen LogP) is 2.44. The van der Waals surface area contributed by atoms with Gasteiger partial charge in [-0.15, -0.1) is 0 Å². The number of nitrogens with zero attached hydrogens (tertiary/aromatic N) is 1. The molecule has 6 nitrogen and oxygen atoms in total. The zero-order valence-corrected chi connectivity index (χ0v) is 15.6. The first-order chi connectivity index (χ1) is 11.6. The number of amides is 3. The second-order valence-corrected chi connectivity index (χ2v) is 7.77. The van der Waals surface area contributed by atoms with Crippen molar-refractivity contribution < 1.29 is 19.4 Å². The molecule has 1 heterocycles. The Morgan fingerprint density at radius 3 is 2.32 bits per heavy atom. The van der Waals surface area contributed by atoms with Gasteiger partial charge in [0.15, 0.2) is 0 Å². The van der Waals surface area contributed by atoms with E-state index < -0.39 is 17.7 Å². The highest BCUT2D eigenvalue weighted by Gasteiger charge is 2.46. The molecule has 3 amide bonds. The van der Waals surface area contributed by atoms with E-state index in [1.54, 1.807) is 6.92 Å². The molecule has 1 aliphatic heterocycles. The molecule has 2 N–H and O–H groups in total. The molecule has 1 fully saturated rings. The molecule has 0 radical (unpaired) electrons. The minimum absolute atomic E-state index is 0.00869. The summed E-state index contributed by atoms with van der Waals surface area (Å²) in [4.78, 5) is 25.3. The maximum Gasteiger partial charge on any atom is 0.325 e. The van der Waals surface area contributed by atoms with E-state index in [4.69, 9.17) is 4.74 Å². The Hall–Kier alpha value is -2.08. The molecule has 1 aromatic rings. The van der Waals surface area contributed by atoms with Crippen molar-refractivity contribution in [1.82, 2.24) is 10.2 Å². The summed E-state index contributed by atoms with van der Waals surface area (Å²) in [5.41, 5.74) is 0.368. The molecule has 0 spiro atoms. The van der Waals surface area contributed by atoms with Crippen LogP contribution in [0.3, 0.4) is 0 Å². The number of urea groups is 1. The zero-order valence-electron chi connectivity index (χ0n) is 15.6. The van der Waals surface area contributed by atoms with Gasteiger partial charge in [0.1, 0.15) is 24.0 Å². The standard InChI is InChI=1S/C19H28N2O4/c1-6-19(5)16(23)21(17(24)20-19)11-14(22)12-25-15-9-7-13(8-10-15)18(2,3)4/h7-10,14,22H,6,11-12H2,1-5H3,(H,20,24). The summed E-state index contributed by atoms with van der Waals surface area (Å²) in [7, 11) is 0. The number of ether oxygens (including phenoxy) is 1. The monoisotopic (exact) mass is 348 g/mol. The summed E-state index contributed by atoms with van der Waals surface area (Å²) < 4.78 is 5.57. The Bertz CT molecular complexity index is 636. The lowest BCUT2D eigenvalue weighted by Gasteiger charge is -2.21. The molecule has 0 aliphatic carbocycles. The van der Waals surface area contributed by atoms with Crippen LogP contribution >= 0.6 is 0 Å². The van der Waals surface area contributed by atoms with Gasteiger partial charge in [-0.1, -0.05) is 39.8 Å². The minimum atomic E-state index is -0.948. The smallest absolute Gasteiger partial charge is 0.325 e. The molecule has 0 bridgehead atoms. The number of nitrogens with one attached hydrogen (secondary N) is 1. The molecule has 25 heavy (non-hydrogen) atoms. The van der Waals surface area contributed by atoms with E-state index in [0.29, 0.717) is 12.2 Å². The van der Waals surface area contributed by atoms with Crippen LogP contribution in [0.1, 0.15) is 46.6 Å². The summed E-state index contributed by atoms with van der Waals surface area (Å²) in [6.07, 6.45) is -0.447. The Balaban J connectivity index is 1.90. The number of hydrogen-bond donors (Lipinski definition) is 2. The molecule has 1 saturated heterocycles. The van der Waals surface area contributed by atoms with Gasteiger partial charge < -0.3 is 15.2 Å². The number of benzene rings is 1. The van der Waals surface area contributed by atoms with E-state index in [-0.39, 0.29) is 24.5 Å². The number of aliphatic hydroxyl groups is 1. The Morgan fingerprint density at radius 1 is 1.24 bits per heavy atom. The molecule has 1 aromatic carbocycles. The highest BCUT2D eigenvalue weighted by molar-refractivity contribution is 6.06. The van der Waals surface area contributed by atoms with Gasteiger partial charge in [-0.05, 0) is 36.5 Å². The van der Waals surface area contributed by atoms with Crippen molar-refractivity contribution in [2.75, 3.05) is 13.2 Å². The molecular weight excluding hydrogens is 320 g/mol. The molecule has 6 heteroatoms. The summed E-state index contributed by atoms with van der Waals surface area (Å²) in [5, 5.41) is 12.8. The minimum Gasteiger partial charge on any atom is -0.491 e. The molecule has 2 unspecified atom stereocenters. The van der Waals surface area contributed by atoms with Crippen molar-refractivity contribution >= 4 is 11.9 Å². The first-order valence-corrected chi connectivity index (χ1v) is 8.62. The quantitative estimate of drug-likeness (QED) is 0.774. The van der Waals surface area contributed by atoms with E-state index in [1.165, 1.54) is 5.56 Å². The third-order valence-corrected chi connectivity index (χ3v) is 4.61. The van der Waals surface area contributed by atoms with Crippen molar-refractivity contribution in [2.24, 2.45) is 0 Å². The largest absolute Gasteiger partial charge is 0.491 e. The van der Waals surface area contributed by atoms with Gasteiger partial charge in [0.25, 0.3) is 5.91 Å². The molecule has 138 valence electrons. The number of hydrogen-bond acceptors (Lipinski definition) is 4. The van der Waals surface area contributed by atoms with Gasteiger partial charge in [0.05, 0.1) is 6.54 Å². The topological polar surface area (TPSA) is 78.9 Å². The molecule has 2 atom stereocenters. The van der Waals surface area contributed by atoms with Gasteiger partial charge >= 0.3 is 6.03 Å². The van der Waals surface area contributed by atoms with Crippen LogP contribution in [0.4, 0.5) is 4.79 Å². The number of rotatable bonds is 6. The number of β-amino-alcohol motifs (C(OH)–C–C–N with tert-alkyl or cyclic N) is 1. The summed E-state index contributed by atoms with van der Waals surface area (Å²) >= 11 is 0. The van der Waals surface area contributed by atoms with Crippen LogP contribution in [0.15, 0.2) is 24.3 Å². The van der Waals surface area contributed by atoms with Crippen molar-refractivity contribution in [3.05, 3.63) is 29.8 Å². The molecule has 0 aromatic heterocycles. The highest BCUT2D eigenvalue weighted by Crippen LogP contribution is 2.24. The number of carbonyl (C=O) groups is 2. The van der Waals surface area contributed by atoms with Crippen molar-refractivity contribution in [3.63, 3.8) is 0 Å². The van der Waals surface area contributed by atoms with Crippen molar-refractivity contribution in [2.45, 2.75) is 58.1 Å². The fraction of sp³-hybridized carbons (Fsp3) is 0.579. The number of carbonyl (C=O) groups excluding carboxylic acids is 2. The van der Waals surface area contributed by atoms with E-state index in [1.807, 2.05) is 31.2 Å². The van der Waals surface area contributed by atoms with E-state index in [0.717, 1.165) is 4.90 Å². The van der Waals surface area contributed by atoms with Crippen LogP contribution in [-0.4, -0.2) is 46.7 Å². The lowest BCUT2D eigenvalue weighted by atomic mass is 9.87. The third kappa shape index (κ3) is 4.31. The average molecular weight is 348 g/mol. The van der Waals surface area contributed by atoms with Gasteiger partial charge in [0, 0.05) is 0 Å². The Morgan fingerprint density at radius 2 is 1.84 bits per heavy atom. The predicted molar refractivity (Wildman–Crippen MR) is 95.6 cm³/mol. The number of aliphatic hydroxyl groups excluding tert-OH is 1. The lowest BCUT2D eigenvalue weighted by Crippen LogP contribution is -2.44. The van der Waals surface area contributed by atoms with Gasteiger partial charge in [-0.25, -0.2) is 4.79 Å². The van der Waals surface area contributed by atoms with Crippen LogP contribution in [-0.2, 0) is 10.2 Å². The first-order valence-electron chi connectivity index (χ1n) is 8.62. The average Bonchev–Trinajstić information content (AvgIpc) is 2.76. The van der Waals surface area contributed by atoms with E-state index in [9.17, 15) is 14.7 Å². The van der Waals surface area contributed by atoms with Crippen LogP contribution in [0.2, 0.25) is 0 Å². The summed E-state index contributed by atoms with van der Waals surface area (Å²) in [6, 6.07) is 7.23. The SMILES string of the molecule is CCC1(C)NC(=O)N(CC(O)COc2ccc(C(C)(C)C)cc2)C1=O. The second kappa shape index (κ2) is 7.04.